The van der Waals surface area contributed by atoms with Crippen LogP contribution in [0, 0.1) is 5.41 Å². The van der Waals surface area contributed by atoms with Gasteiger partial charge in [0, 0.05) is 48.0 Å². The molecule has 2 aromatic heterocycles. The van der Waals surface area contributed by atoms with E-state index >= 15 is 0 Å². The fourth-order valence-corrected chi connectivity index (χ4v) is 5.16. The molecule has 0 spiro atoms. The number of H-pyrrole nitrogens is 1. The Morgan fingerprint density at radius 3 is 2.57 bits per heavy atom. The molecule has 3 heterocycles. The molecule has 180 valence electrons. The van der Waals surface area contributed by atoms with Crippen LogP contribution >= 0.6 is 23.2 Å². The molecule has 1 atom stereocenters. The molecule has 0 radical (unpaired) electrons. The standard InChI is InChI=1S/C26H26Cl2N6O/c1-15(24-19(27)13-31-14-20(24)28)35-17-6-7-21(29)18(12-17)25(30)26-32-22-8-5-16(11-23(22)33-26)34-9-3-2-4-10-34/h5-8,11-15,30H,2-4,9-10,29H2,1H3,(H,32,33). The highest BCUT2D eigenvalue weighted by atomic mass is 35.5. The van der Waals surface area contributed by atoms with Crippen molar-refractivity contribution in [3.63, 3.8) is 0 Å². The summed E-state index contributed by atoms with van der Waals surface area (Å²) in [5.41, 5.74) is 11.0. The van der Waals surface area contributed by atoms with E-state index in [4.69, 9.17) is 39.1 Å². The first-order valence-corrected chi connectivity index (χ1v) is 12.4. The van der Waals surface area contributed by atoms with Gasteiger partial charge in [-0.1, -0.05) is 23.2 Å². The third-order valence-corrected chi connectivity index (χ3v) is 6.93. The minimum Gasteiger partial charge on any atom is -0.486 e. The van der Waals surface area contributed by atoms with Gasteiger partial charge in [-0.3, -0.25) is 10.4 Å². The first-order valence-electron chi connectivity index (χ1n) is 11.6. The second-order valence-electron chi connectivity index (χ2n) is 8.74. The summed E-state index contributed by atoms with van der Waals surface area (Å²) in [7, 11) is 0. The number of anilines is 2. The number of aromatic nitrogens is 3. The van der Waals surface area contributed by atoms with Crippen molar-refractivity contribution >= 4 is 51.3 Å². The number of ether oxygens (including phenoxy) is 1. The molecular weight excluding hydrogens is 483 g/mol. The van der Waals surface area contributed by atoms with Crippen LogP contribution in [-0.2, 0) is 0 Å². The van der Waals surface area contributed by atoms with E-state index in [2.05, 4.69) is 32.0 Å². The number of fused-ring (bicyclic) bond motifs is 1. The van der Waals surface area contributed by atoms with E-state index in [1.807, 2.05) is 13.0 Å². The van der Waals surface area contributed by atoms with Gasteiger partial charge < -0.3 is 20.4 Å². The zero-order chi connectivity index (χ0) is 24.5. The Morgan fingerprint density at radius 2 is 1.83 bits per heavy atom. The molecule has 2 aromatic carbocycles. The molecular formula is C26H26Cl2N6O. The maximum Gasteiger partial charge on any atom is 0.157 e. The highest BCUT2D eigenvalue weighted by Gasteiger charge is 2.19. The number of pyridine rings is 1. The predicted molar refractivity (Wildman–Crippen MR) is 142 cm³/mol. The second-order valence-corrected chi connectivity index (χ2v) is 9.55. The Hall–Kier alpha value is -3.29. The molecule has 1 saturated heterocycles. The van der Waals surface area contributed by atoms with Crippen molar-refractivity contribution in [2.24, 2.45) is 0 Å². The van der Waals surface area contributed by atoms with Gasteiger partial charge in [0.2, 0.25) is 0 Å². The van der Waals surface area contributed by atoms with Gasteiger partial charge in [0.1, 0.15) is 17.6 Å². The van der Waals surface area contributed by atoms with E-state index in [0.717, 1.165) is 24.1 Å². The molecule has 0 bridgehead atoms. The largest absolute Gasteiger partial charge is 0.486 e. The minimum absolute atomic E-state index is 0.191. The van der Waals surface area contributed by atoms with Crippen LogP contribution in [0.3, 0.4) is 0 Å². The van der Waals surface area contributed by atoms with E-state index in [0.29, 0.717) is 38.4 Å². The summed E-state index contributed by atoms with van der Waals surface area (Å²) in [5, 5.41) is 9.68. The average molecular weight is 509 g/mol. The number of hydrogen-bond acceptors (Lipinski definition) is 6. The van der Waals surface area contributed by atoms with Crippen LogP contribution in [0.5, 0.6) is 5.75 Å². The second kappa shape index (κ2) is 9.76. The fraction of sp³-hybridized carbons (Fsp3) is 0.269. The van der Waals surface area contributed by atoms with E-state index in [9.17, 15) is 0 Å². The van der Waals surface area contributed by atoms with Gasteiger partial charge in [-0.15, -0.1) is 0 Å². The van der Waals surface area contributed by atoms with Crippen molar-refractivity contribution < 1.29 is 4.74 Å². The Kier molecular flexibility index (Phi) is 6.54. The number of aromatic amines is 1. The summed E-state index contributed by atoms with van der Waals surface area (Å²) in [6.45, 7) is 3.99. The number of halogens is 2. The smallest absolute Gasteiger partial charge is 0.157 e. The van der Waals surface area contributed by atoms with Crippen LogP contribution < -0.4 is 15.4 Å². The molecule has 0 amide bonds. The van der Waals surface area contributed by atoms with Crippen LogP contribution in [-0.4, -0.2) is 33.8 Å². The number of nitrogens with one attached hydrogen (secondary N) is 2. The van der Waals surface area contributed by atoms with Crippen LogP contribution in [0.4, 0.5) is 11.4 Å². The molecule has 1 fully saturated rings. The number of nitrogen functional groups attached to an aromatic ring is 1. The quantitative estimate of drug-likeness (QED) is 0.206. The Balaban J connectivity index is 1.40. The number of benzene rings is 2. The van der Waals surface area contributed by atoms with E-state index in [1.165, 1.54) is 37.3 Å². The highest BCUT2D eigenvalue weighted by Crippen LogP contribution is 2.33. The maximum absolute atomic E-state index is 8.81. The zero-order valence-corrected chi connectivity index (χ0v) is 20.8. The minimum atomic E-state index is -0.428. The first-order chi connectivity index (χ1) is 16.9. The zero-order valence-electron chi connectivity index (χ0n) is 19.3. The van der Waals surface area contributed by atoms with Crippen molar-refractivity contribution in [3.05, 3.63) is 75.8 Å². The van der Waals surface area contributed by atoms with Gasteiger partial charge >= 0.3 is 0 Å². The SMILES string of the molecule is CC(Oc1ccc(N)c(C(=N)c2nc3ccc(N4CCCCC4)cc3[nH]2)c1)c1c(Cl)cncc1Cl. The number of rotatable bonds is 6. The lowest BCUT2D eigenvalue weighted by Gasteiger charge is -2.28. The summed E-state index contributed by atoms with van der Waals surface area (Å²) < 4.78 is 6.10. The summed E-state index contributed by atoms with van der Waals surface area (Å²) in [6.07, 6.45) is 6.36. The summed E-state index contributed by atoms with van der Waals surface area (Å²) >= 11 is 12.6. The van der Waals surface area contributed by atoms with Crippen LogP contribution in [0.15, 0.2) is 48.8 Å². The van der Waals surface area contributed by atoms with Crippen molar-refractivity contribution in [2.45, 2.75) is 32.3 Å². The summed E-state index contributed by atoms with van der Waals surface area (Å²) in [4.78, 5) is 14.3. The van der Waals surface area contributed by atoms with Crippen molar-refractivity contribution in [3.8, 4) is 5.75 Å². The normalized spacial score (nSPS) is 14.8. The molecule has 9 heteroatoms. The number of piperidine rings is 1. The lowest BCUT2D eigenvalue weighted by Crippen LogP contribution is -2.29. The molecule has 4 N–H and O–H groups in total. The predicted octanol–water partition coefficient (Wildman–Crippen LogP) is 6.39. The first kappa shape index (κ1) is 23.5. The van der Waals surface area contributed by atoms with Crippen LogP contribution in [0.25, 0.3) is 11.0 Å². The van der Waals surface area contributed by atoms with Crippen LogP contribution in [0.2, 0.25) is 10.0 Å². The van der Waals surface area contributed by atoms with Gasteiger partial charge in [0.25, 0.3) is 0 Å². The molecule has 0 aliphatic carbocycles. The average Bonchev–Trinajstić information content (AvgIpc) is 3.29. The Morgan fingerprint density at radius 1 is 1.09 bits per heavy atom. The van der Waals surface area contributed by atoms with Crippen molar-refractivity contribution in [2.75, 3.05) is 23.7 Å². The highest BCUT2D eigenvalue weighted by molar-refractivity contribution is 6.35. The van der Waals surface area contributed by atoms with E-state index < -0.39 is 6.10 Å². The van der Waals surface area contributed by atoms with Crippen molar-refractivity contribution in [1.29, 1.82) is 5.41 Å². The van der Waals surface area contributed by atoms with Gasteiger partial charge in [-0.25, -0.2) is 4.98 Å². The fourth-order valence-electron chi connectivity index (χ4n) is 4.49. The molecule has 0 saturated carbocycles. The monoisotopic (exact) mass is 508 g/mol. The molecule has 4 aromatic rings. The Bertz CT molecular complexity index is 1380. The van der Waals surface area contributed by atoms with Crippen LogP contribution in [0.1, 0.15) is 49.2 Å². The molecule has 7 nitrogen and oxygen atoms in total. The van der Waals surface area contributed by atoms with Gasteiger partial charge in [0.05, 0.1) is 21.1 Å². The molecule has 1 aliphatic rings. The number of nitrogens with zero attached hydrogens (tertiary/aromatic N) is 3. The molecule has 1 aliphatic heterocycles. The number of imidazole rings is 1. The third-order valence-electron chi connectivity index (χ3n) is 6.33. The third kappa shape index (κ3) is 4.79. The lowest BCUT2D eigenvalue weighted by molar-refractivity contribution is 0.227. The lowest BCUT2D eigenvalue weighted by atomic mass is 10.1. The van der Waals surface area contributed by atoms with E-state index in [-0.39, 0.29) is 5.71 Å². The van der Waals surface area contributed by atoms with Crippen molar-refractivity contribution in [1.82, 2.24) is 15.0 Å². The van der Waals surface area contributed by atoms with Gasteiger partial charge in [-0.2, -0.15) is 0 Å². The maximum atomic E-state index is 8.81. The molecule has 5 rings (SSSR count). The molecule has 35 heavy (non-hydrogen) atoms. The van der Waals surface area contributed by atoms with E-state index in [1.54, 1.807) is 18.2 Å². The number of nitrogens with two attached hydrogens (primary N) is 1. The Labute approximate surface area is 213 Å². The van der Waals surface area contributed by atoms with Gasteiger partial charge in [-0.05, 0) is 62.6 Å². The topological polar surface area (TPSA) is 104 Å². The number of hydrogen-bond donors (Lipinski definition) is 3. The summed E-state index contributed by atoms with van der Waals surface area (Å²) in [5.74, 6) is 0.992. The summed E-state index contributed by atoms with van der Waals surface area (Å²) in [6, 6.07) is 11.4. The van der Waals surface area contributed by atoms with Gasteiger partial charge in [0.15, 0.2) is 5.82 Å². The molecule has 1 unspecified atom stereocenters.